The van der Waals surface area contributed by atoms with Crippen LogP contribution in [0.5, 0.6) is 0 Å². The number of hydrogen-bond donors (Lipinski definition) is 1. The fourth-order valence-corrected chi connectivity index (χ4v) is 4.51. The van der Waals surface area contributed by atoms with Crippen LogP contribution in [0.15, 0.2) is 23.1 Å². The third-order valence-electron chi connectivity index (χ3n) is 3.84. The Morgan fingerprint density at radius 1 is 1.45 bits per heavy atom. The molecule has 0 saturated carbocycles. The highest BCUT2D eigenvalue weighted by atomic mass is 35.5. The van der Waals surface area contributed by atoms with E-state index in [0.29, 0.717) is 12.8 Å². The molecule has 1 aliphatic rings. The summed E-state index contributed by atoms with van der Waals surface area (Å²) < 4.78 is 26.6. The highest BCUT2D eigenvalue weighted by Crippen LogP contribution is 2.30. The number of aliphatic carboxylic acids is 1. The van der Waals surface area contributed by atoms with Gasteiger partial charge in [-0.05, 0) is 38.0 Å². The number of piperidine rings is 1. The molecular formula is C14H15ClN2O4S. The molecule has 2 unspecified atom stereocenters. The Labute approximate surface area is 134 Å². The Hall–Kier alpha value is -1.62. The summed E-state index contributed by atoms with van der Waals surface area (Å²) in [5, 5.41) is 18.0. The first-order valence-corrected chi connectivity index (χ1v) is 8.53. The molecule has 0 aromatic heterocycles. The first kappa shape index (κ1) is 16.7. The van der Waals surface area contributed by atoms with Crippen molar-refractivity contribution < 1.29 is 18.3 Å². The lowest BCUT2D eigenvalue weighted by Gasteiger charge is -2.35. The molecule has 1 heterocycles. The van der Waals surface area contributed by atoms with E-state index in [2.05, 4.69) is 0 Å². The van der Waals surface area contributed by atoms with E-state index in [4.69, 9.17) is 22.0 Å². The number of hydrogen-bond acceptors (Lipinski definition) is 4. The van der Waals surface area contributed by atoms with Gasteiger partial charge in [0.15, 0.2) is 0 Å². The van der Waals surface area contributed by atoms with Crippen molar-refractivity contribution in [1.82, 2.24) is 4.31 Å². The maximum absolute atomic E-state index is 12.7. The van der Waals surface area contributed by atoms with E-state index >= 15 is 0 Å². The summed E-state index contributed by atoms with van der Waals surface area (Å²) in [7, 11) is -3.85. The Morgan fingerprint density at radius 3 is 2.68 bits per heavy atom. The Kier molecular flexibility index (Phi) is 4.75. The molecule has 1 saturated heterocycles. The lowest BCUT2D eigenvalue weighted by atomic mass is 9.96. The van der Waals surface area contributed by atoms with Crippen LogP contribution in [-0.4, -0.2) is 36.4 Å². The average Bonchev–Trinajstić information content (AvgIpc) is 2.47. The number of carboxylic acid groups (broad SMARTS) is 1. The number of nitriles is 1. The second kappa shape index (κ2) is 6.24. The number of carbonyl (C=O) groups is 1. The number of benzene rings is 1. The summed E-state index contributed by atoms with van der Waals surface area (Å²) >= 11 is 5.89. The number of nitrogens with zero attached hydrogens (tertiary/aromatic N) is 2. The van der Waals surface area contributed by atoms with Crippen LogP contribution in [0.4, 0.5) is 0 Å². The summed E-state index contributed by atoms with van der Waals surface area (Å²) in [5.74, 6) is -1.70. The van der Waals surface area contributed by atoms with Gasteiger partial charge in [0, 0.05) is 12.6 Å². The maximum atomic E-state index is 12.7. The molecule has 2 rings (SSSR count). The minimum Gasteiger partial charge on any atom is -0.481 e. The van der Waals surface area contributed by atoms with Crippen LogP contribution >= 0.6 is 11.6 Å². The molecule has 0 bridgehead atoms. The van der Waals surface area contributed by atoms with Crippen LogP contribution in [0.2, 0.25) is 5.02 Å². The molecule has 0 aliphatic carbocycles. The summed E-state index contributed by atoms with van der Waals surface area (Å²) in [6.45, 7) is 1.69. The molecule has 6 nitrogen and oxygen atoms in total. The molecule has 22 heavy (non-hydrogen) atoms. The quantitative estimate of drug-likeness (QED) is 0.906. The predicted octanol–water partition coefficient (Wildman–Crippen LogP) is 2.09. The van der Waals surface area contributed by atoms with E-state index in [1.165, 1.54) is 22.5 Å². The van der Waals surface area contributed by atoms with Gasteiger partial charge in [-0.25, -0.2) is 8.42 Å². The van der Waals surface area contributed by atoms with Crippen LogP contribution < -0.4 is 0 Å². The third-order valence-corrected chi connectivity index (χ3v) is 6.13. The van der Waals surface area contributed by atoms with Crippen molar-refractivity contribution in [3.8, 4) is 6.07 Å². The van der Waals surface area contributed by atoms with Gasteiger partial charge < -0.3 is 5.11 Å². The van der Waals surface area contributed by atoms with Crippen LogP contribution in [0, 0.1) is 17.2 Å². The minimum atomic E-state index is -3.85. The molecule has 1 aliphatic heterocycles. The van der Waals surface area contributed by atoms with Crippen molar-refractivity contribution in [3.63, 3.8) is 0 Å². The Bertz CT molecular complexity index is 742. The first-order chi connectivity index (χ1) is 10.3. The first-order valence-electron chi connectivity index (χ1n) is 6.71. The zero-order chi connectivity index (χ0) is 16.5. The standard InChI is InChI=1S/C14H15ClN2O4S/c1-9-2-3-11(14(18)19)8-17(9)22(20,21)12-5-4-10(7-16)13(15)6-12/h4-6,9,11H,2-3,8H2,1H3,(H,18,19). The van der Waals surface area contributed by atoms with E-state index in [-0.39, 0.29) is 28.1 Å². The number of halogens is 1. The Balaban J connectivity index is 2.38. The van der Waals surface area contributed by atoms with Crippen molar-refractivity contribution in [3.05, 3.63) is 28.8 Å². The van der Waals surface area contributed by atoms with Crippen molar-refractivity contribution in [2.45, 2.75) is 30.7 Å². The summed E-state index contributed by atoms with van der Waals surface area (Å²) in [4.78, 5) is 11.1. The van der Waals surface area contributed by atoms with Gasteiger partial charge in [0.25, 0.3) is 0 Å². The lowest BCUT2D eigenvalue weighted by molar-refractivity contribution is -0.143. The van der Waals surface area contributed by atoms with E-state index in [9.17, 15) is 13.2 Å². The molecule has 1 aromatic rings. The van der Waals surface area contributed by atoms with Crippen LogP contribution in [0.1, 0.15) is 25.3 Å². The molecule has 1 fully saturated rings. The van der Waals surface area contributed by atoms with E-state index in [1.807, 2.05) is 6.07 Å². The summed E-state index contributed by atoms with van der Waals surface area (Å²) in [6, 6.07) is 5.47. The molecule has 118 valence electrons. The Morgan fingerprint density at radius 2 is 2.14 bits per heavy atom. The maximum Gasteiger partial charge on any atom is 0.307 e. The molecule has 8 heteroatoms. The van der Waals surface area contributed by atoms with Gasteiger partial charge in [0.1, 0.15) is 6.07 Å². The fraction of sp³-hybridized carbons (Fsp3) is 0.429. The monoisotopic (exact) mass is 342 g/mol. The van der Waals surface area contributed by atoms with Gasteiger partial charge >= 0.3 is 5.97 Å². The van der Waals surface area contributed by atoms with Crippen molar-refractivity contribution >= 4 is 27.6 Å². The second-order valence-electron chi connectivity index (χ2n) is 5.29. The third kappa shape index (κ3) is 3.09. The van der Waals surface area contributed by atoms with Crippen LogP contribution in [0.25, 0.3) is 0 Å². The molecule has 1 aromatic carbocycles. The lowest BCUT2D eigenvalue weighted by Crippen LogP contribution is -2.47. The number of sulfonamides is 1. The predicted molar refractivity (Wildman–Crippen MR) is 79.9 cm³/mol. The van der Waals surface area contributed by atoms with E-state index in [1.54, 1.807) is 6.92 Å². The average molecular weight is 343 g/mol. The smallest absolute Gasteiger partial charge is 0.307 e. The molecule has 1 N–H and O–H groups in total. The topological polar surface area (TPSA) is 98.5 Å². The second-order valence-corrected chi connectivity index (χ2v) is 7.59. The van der Waals surface area contributed by atoms with Gasteiger partial charge in [-0.2, -0.15) is 9.57 Å². The summed E-state index contributed by atoms with van der Waals surface area (Å²) in [6.07, 6.45) is 0.941. The SMILES string of the molecule is CC1CCC(C(=O)O)CN1S(=O)(=O)c1ccc(C#N)c(Cl)c1. The fourth-order valence-electron chi connectivity index (χ4n) is 2.49. The minimum absolute atomic E-state index is 0.0330. The highest BCUT2D eigenvalue weighted by molar-refractivity contribution is 7.89. The van der Waals surface area contributed by atoms with Gasteiger partial charge in [0.05, 0.1) is 21.4 Å². The van der Waals surface area contributed by atoms with E-state index < -0.39 is 21.9 Å². The van der Waals surface area contributed by atoms with Gasteiger partial charge in [-0.3, -0.25) is 4.79 Å². The zero-order valence-electron chi connectivity index (χ0n) is 11.9. The van der Waals surface area contributed by atoms with Gasteiger partial charge in [-0.1, -0.05) is 11.6 Å². The molecule has 0 spiro atoms. The largest absolute Gasteiger partial charge is 0.481 e. The molecule has 0 amide bonds. The van der Waals surface area contributed by atoms with Crippen LogP contribution in [-0.2, 0) is 14.8 Å². The van der Waals surface area contributed by atoms with Crippen molar-refractivity contribution in [2.75, 3.05) is 6.54 Å². The van der Waals surface area contributed by atoms with Crippen LogP contribution in [0.3, 0.4) is 0 Å². The highest BCUT2D eigenvalue weighted by Gasteiger charge is 2.37. The molecule has 0 radical (unpaired) electrons. The van der Waals surface area contributed by atoms with Crippen molar-refractivity contribution in [1.29, 1.82) is 5.26 Å². The van der Waals surface area contributed by atoms with Gasteiger partial charge in [-0.15, -0.1) is 0 Å². The number of carboxylic acids is 1. The molecular weight excluding hydrogens is 328 g/mol. The van der Waals surface area contributed by atoms with Gasteiger partial charge in [0.2, 0.25) is 10.0 Å². The summed E-state index contributed by atoms with van der Waals surface area (Å²) in [5.41, 5.74) is 0.190. The number of rotatable bonds is 3. The van der Waals surface area contributed by atoms with Crippen molar-refractivity contribution in [2.24, 2.45) is 5.92 Å². The van der Waals surface area contributed by atoms with E-state index in [0.717, 1.165) is 0 Å². The molecule has 2 atom stereocenters. The zero-order valence-corrected chi connectivity index (χ0v) is 13.4. The normalized spacial score (nSPS) is 23.0.